The van der Waals surface area contributed by atoms with Gasteiger partial charge >= 0.3 is 19.5 Å². The molecule has 3 aromatic rings. The van der Waals surface area contributed by atoms with Gasteiger partial charge in [0.25, 0.3) is 0 Å². The molecule has 0 amide bonds. The van der Waals surface area contributed by atoms with Gasteiger partial charge in [-0.3, -0.25) is 4.57 Å². The number of benzene rings is 3. The smallest absolute Gasteiger partial charge is 0.360 e. The topological polar surface area (TPSA) is 171 Å². The van der Waals surface area contributed by atoms with Gasteiger partial charge in [-0.15, -0.1) is 0 Å². The van der Waals surface area contributed by atoms with Crippen molar-refractivity contribution in [3.63, 3.8) is 0 Å². The van der Waals surface area contributed by atoms with E-state index < -0.39 is 41.8 Å². The number of phenolic OH excluding ortho intramolecular Hbond substituents is 2. The van der Waals surface area contributed by atoms with Crippen molar-refractivity contribution in [3.8, 4) is 23.0 Å². The number of ether oxygens (including phenoxy) is 2. The molecule has 1 atom stereocenters. The third kappa shape index (κ3) is 2.51. The van der Waals surface area contributed by atoms with E-state index >= 15 is 0 Å². The minimum absolute atomic E-state index is 0.00155. The molecule has 0 saturated carbocycles. The van der Waals surface area contributed by atoms with E-state index in [0.29, 0.717) is 0 Å². The fourth-order valence-electron chi connectivity index (χ4n) is 4.31. The highest BCUT2D eigenvalue weighted by molar-refractivity contribution is 7.60. The molecular weight excluding hydrogens is 443 g/mol. The summed E-state index contributed by atoms with van der Waals surface area (Å²) in [6.07, 6.45) is 0. The number of carbonyl (C=O) groups is 2. The predicted molar refractivity (Wildman–Crippen MR) is 107 cm³/mol. The minimum Gasteiger partial charge on any atom is -0.508 e. The Kier molecular flexibility index (Phi) is 3.97. The predicted octanol–water partition coefficient (Wildman–Crippen LogP) is 2.17. The summed E-state index contributed by atoms with van der Waals surface area (Å²) in [5.74, 6) is -4.09. The average Bonchev–Trinajstić information content (AvgIpc) is 2.99. The summed E-state index contributed by atoms with van der Waals surface area (Å²) in [6.45, 7) is 0. The van der Waals surface area contributed by atoms with Crippen LogP contribution in [0.1, 0.15) is 37.4 Å². The van der Waals surface area contributed by atoms with E-state index in [9.17, 15) is 39.3 Å². The second kappa shape index (κ2) is 6.33. The molecule has 162 valence electrons. The van der Waals surface area contributed by atoms with Crippen LogP contribution in [-0.2, 0) is 14.9 Å². The maximum absolute atomic E-state index is 12.8. The molecule has 5 rings (SSSR count). The standard InChI is InChI=1S/C21H13O10P/c22-9-5-6-12-14(7-9)30-15-8-13(23)18(32(27,28)29)16(19(24)25)17(15)21(12)11-4-2-1-3-10(11)20(26)31-21/h1-8,22-23H,(H,24,25)(H2,27,28,29). The van der Waals surface area contributed by atoms with E-state index in [-0.39, 0.29) is 39.5 Å². The van der Waals surface area contributed by atoms with Crippen LogP contribution in [0.5, 0.6) is 23.0 Å². The Hall–Kier alpha value is -3.85. The summed E-state index contributed by atoms with van der Waals surface area (Å²) < 4.78 is 23.6. The first-order valence-electron chi connectivity index (χ1n) is 9.09. The molecule has 2 heterocycles. The lowest BCUT2D eigenvalue weighted by Crippen LogP contribution is -2.37. The highest BCUT2D eigenvalue weighted by Gasteiger charge is 2.56. The number of fused-ring (bicyclic) bond motifs is 6. The van der Waals surface area contributed by atoms with E-state index in [1.807, 2.05) is 0 Å². The Morgan fingerprint density at radius 2 is 1.69 bits per heavy atom. The SMILES string of the molecule is O=C1OC2(c3ccc(O)cc3Oc3cc(O)c(P(=O)(O)O)c(C(=O)O)c32)c2ccccc21. The van der Waals surface area contributed by atoms with Gasteiger partial charge in [0.15, 0.2) is 5.60 Å². The van der Waals surface area contributed by atoms with E-state index in [1.165, 1.54) is 30.3 Å². The van der Waals surface area contributed by atoms with Gasteiger partial charge in [-0.05, 0) is 18.2 Å². The van der Waals surface area contributed by atoms with Gasteiger partial charge in [0.2, 0.25) is 0 Å². The zero-order chi connectivity index (χ0) is 23.0. The molecule has 3 aromatic carbocycles. The van der Waals surface area contributed by atoms with Crippen LogP contribution in [0.4, 0.5) is 0 Å². The van der Waals surface area contributed by atoms with Gasteiger partial charge in [0.05, 0.1) is 16.7 Å². The van der Waals surface area contributed by atoms with E-state index in [4.69, 9.17) is 9.47 Å². The maximum atomic E-state index is 12.8. The summed E-state index contributed by atoms with van der Waals surface area (Å²) in [5, 5.41) is 29.1. The van der Waals surface area contributed by atoms with Crippen molar-refractivity contribution in [3.05, 3.63) is 76.3 Å². The van der Waals surface area contributed by atoms with Crippen molar-refractivity contribution in [1.29, 1.82) is 0 Å². The Labute approximate surface area is 179 Å². The summed E-state index contributed by atoms with van der Waals surface area (Å²) in [6, 6.07) is 10.8. The number of aromatic carboxylic acids is 1. The monoisotopic (exact) mass is 456 g/mol. The number of phenols is 2. The summed E-state index contributed by atoms with van der Waals surface area (Å²) in [4.78, 5) is 44.7. The van der Waals surface area contributed by atoms with Crippen LogP contribution in [-0.4, -0.2) is 37.0 Å². The normalized spacial score (nSPS) is 18.4. The number of rotatable bonds is 2. The summed E-state index contributed by atoms with van der Waals surface area (Å²) in [7, 11) is -5.31. The molecule has 0 aliphatic carbocycles. The van der Waals surface area contributed by atoms with Crippen LogP contribution >= 0.6 is 7.60 Å². The lowest BCUT2D eigenvalue weighted by Gasteiger charge is -2.38. The fraction of sp³-hybridized carbons (Fsp3) is 0.0476. The Morgan fingerprint density at radius 3 is 2.38 bits per heavy atom. The highest BCUT2D eigenvalue weighted by Crippen LogP contribution is 2.59. The van der Waals surface area contributed by atoms with Crippen molar-refractivity contribution < 1.29 is 48.7 Å². The summed E-state index contributed by atoms with van der Waals surface area (Å²) in [5.41, 5.74) is -2.82. The van der Waals surface area contributed by atoms with Gasteiger partial charge < -0.3 is 34.6 Å². The number of carbonyl (C=O) groups excluding carboxylic acids is 1. The molecule has 2 aliphatic heterocycles. The molecule has 32 heavy (non-hydrogen) atoms. The highest BCUT2D eigenvalue weighted by atomic mass is 31.2. The number of carboxylic acids is 1. The number of hydrogen-bond donors (Lipinski definition) is 5. The lowest BCUT2D eigenvalue weighted by molar-refractivity contribution is 0.0216. The first-order valence-corrected chi connectivity index (χ1v) is 10.7. The van der Waals surface area contributed by atoms with Crippen molar-refractivity contribution in [2.45, 2.75) is 5.60 Å². The van der Waals surface area contributed by atoms with Gasteiger partial charge in [-0.1, -0.05) is 18.2 Å². The van der Waals surface area contributed by atoms with Crippen LogP contribution in [0, 0.1) is 0 Å². The molecule has 0 bridgehead atoms. The molecule has 0 radical (unpaired) electrons. The largest absolute Gasteiger partial charge is 0.508 e. The molecule has 1 spiro atoms. The van der Waals surface area contributed by atoms with Crippen molar-refractivity contribution in [2.24, 2.45) is 0 Å². The van der Waals surface area contributed by atoms with Crippen LogP contribution < -0.4 is 10.0 Å². The number of hydrogen-bond acceptors (Lipinski definition) is 7. The van der Waals surface area contributed by atoms with Gasteiger partial charge in [0, 0.05) is 23.3 Å². The zero-order valence-electron chi connectivity index (χ0n) is 15.8. The third-order valence-electron chi connectivity index (χ3n) is 5.44. The molecule has 11 heteroatoms. The third-order valence-corrected chi connectivity index (χ3v) is 6.47. The molecule has 0 saturated heterocycles. The molecule has 10 nitrogen and oxygen atoms in total. The van der Waals surface area contributed by atoms with Crippen LogP contribution in [0.2, 0.25) is 0 Å². The van der Waals surface area contributed by atoms with Crippen LogP contribution in [0.25, 0.3) is 0 Å². The van der Waals surface area contributed by atoms with Crippen molar-refractivity contribution in [1.82, 2.24) is 0 Å². The van der Waals surface area contributed by atoms with Gasteiger partial charge in [0.1, 0.15) is 28.3 Å². The van der Waals surface area contributed by atoms with E-state index in [2.05, 4.69) is 0 Å². The minimum atomic E-state index is -5.31. The number of esters is 1. The van der Waals surface area contributed by atoms with Crippen molar-refractivity contribution >= 4 is 24.8 Å². The first kappa shape index (κ1) is 20.1. The second-order valence-corrected chi connectivity index (χ2v) is 8.78. The molecule has 0 fully saturated rings. The molecule has 1 unspecified atom stereocenters. The first-order chi connectivity index (χ1) is 15.1. The van der Waals surface area contributed by atoms with Gasteiger partial charge in [-0.2, -0.15) is 0 Å². The summed E-state index contributed by atoms with van der Waals surface area (Å²) >= 11 is 0. The quantitative estimate of drug-likeness (QED) is 0.284. The average molecular weight is 456 g/mol. The number of aromatic hydroxyl groups is 2. The van der Waals surface area contributed by atoms with E-state index in [1.54, 1.807) is 12.1 Å². The molecular formula is C21H13O10P. The maximum Gasteiger partial charge on any atom is 0.360 e. The van der Waals surface area contributed by atoms with Crippen molar-refractivity contribution in [2.75, 3.05) is 0 Å². The molecule has 2 aliphatic rings. The molecule has 0 aromatic heterocycles. The Morgan fingerprint density at radius 1 is 0.969 bits per heavy atom. The number of carboxylic acid groups (broad SMARTS) is 1. The Bertz CT molecular complexity index is 1410. The van der Waals surface area contributed by atoms with Crippen LogP contribution in [0.3, 0.4) is 0 Å². The van der Waals surface area contributed by atoms with Gasteiger partial charge in [-0.25, -0.2) is 9.59 Å². The van der Waals surface area contributed by atoms with Crippen LogP contribution in [0.15, 0.2) is 48.5 Å². The lowest BCUT2D eigenvalue weighted by atomic mass is 9.75. The molecule has 5 N–H and O–H groups in total. The zero-order valence-corrected chi connectivity index (χ0v) is 16.7. The second-order valence-electron chi connectivity index (χ2n) is 7.24. The Balaban J connectivity index is 2.02. The van der Waals surface area contributed by atoms with E-state index in [0.717, 1.165) is 6.07 Å². The fourth-order valence-corrected chi connectivity index (χ4v) is 5.17.